The van der Waals surface area contributed by atoms with E-state index in [1.165, 1.54) is 7.05 Å². The molecule has 7 heteroatoms. The molecular formula is C16H17Cl2N3O2. The van der Waals surface area contributed by atoms with Gasteiger partial charge in [-0.1, -0.05) is 42.1 Å². The second kappa shape index (κ2) is 7.67. The van der Waals surface area contributed by atoms with E-state index in [1.807, 2.05) is 6.19 Å². The summed E-state index contributed by atoms with van der Waals surface area (Å²) in [6, 6.07) is 4.53. The van der Waals surface area contributed by atoms with E-state index in [0.717, 1.165) is 17.7 Å². The summed E-state index contributed by atoms with van der Waals surface area (Å²) in [4.78, 5) is 25.7. The van der Waals surface area contributed by atoms with Gasteiger partial charge in [-0.25, -0.2) is 0 Å². The summed E-state index contributed by atoms with van der Waals surface area (Å²) in [5.74, 6) is -1.02. The molecule has 2 atom stereocenters. The molecule has 0 radical (unpaired) electrons. The third-order valence-electron chi connectivity index (χ3n) is 4.08. The molecule has 0 spiro atoms. The highest BCUT2D eigenvalue weighted by Crippen LogP contribution is 2.28. The summed E-state index contributed by atoms with van der Waals surface area (Å²) in [5.41, 5.74) is 0.282. The average molecular weight is 354 g/mol. The number of carbonyl (C=O) groups is 2. The summed E-state index contributed by atoms with van der Waals surface area (Å²) >= 11 is 12.0. The van der Waals surface area contributed by atoms with Crippen LogP contribution in [-0.4, -0.2) is 29.8 Å². The van der Waals surface area contributed by atoms with Gasteiger partial charge >= 0.3 is 0 Å². The second-order valence-corrected chi connectivity index (χ2v) is 6.35. The van der Waals surface area contributed by atoms with Gasteiger partial charge in [-0.3, -0.25) is 14.5 Å². The number of nitrogens with zero attached hydrogens (tertiary/aromatic N) is 2. The molecule has 1 aromatic carbocycles. The Bertz CT molecular complexity index is 657. The van der Waals surface area contributed by atoms with Crippen LogP contribution in [0.1, 0.15) is 36.0 Å². The van der Waals surface area contributed by atoms with Crippen molar-refractivity contribution in [1.29, 1.82) is 5.26 Å². The quantitative estimate of drug-likeness (QED) is 0.669. The largest absolute Gasteiger partial charge is 0.348 e. The lowest BCUT2D eigenvalue weighted by atomic mass is 9.83. The third kappa shape index (κ3) is 3.95. The predicted molar refractivity (Wildman–Crippen MR) is 88.1 cm³/mol. The number of carbonyl (C=O) groups excluding carboxylic acids is 2. The lowest BCUT2D eigenvalue weighted by Gasteiger charge is -2.32. The molecule has 1 N–H and O–H groups in total. The first kappa shape index (κ1) is 17.6. The molecule has 23 heavy (non-hydrogen) atoms. The van der Waals surface area contributed by atoms with Crippen LogP contribution in [-0.2, 0) is 4.79 Å². The Labute approximate surface area is 145 Å². The number of halogens is 2. The summed E-state index contributed by atoms with van der Waals surface area (Å²) in [6.45, 7) is 0. The molecule has 1 saturated carbocycles. The van der Waals surface area contributed by atoms with Crippen LogP contribution in [0.15, 0.2) is 18.2 Å². The number of nitrogens with one attached hydrogen (secondary N) is 1. The molecule has 122 valence electrons. The Morgan fingerprint density at radius 3 is 2.70 bits per heavy atom. The fourth-order valence-electron chi connectivity index (χ4n) is 2.82. The molecule has 1 fully saturated rings. The molecule has 0 heterocycles. The van der Waals surface area contributed by atoms with Crippen LogP contribution >= 0.6 is 23.2 Å². The standard InChI is InChI=1S/C16H17Cl2N3O2/c1-21(9-19)16(23)10-5-2-3-8-13(10)20-15(22)11-6-4-7-12(17)14(11)18/h4,6-7,10,13H,2-3,5,8H2,1H3,(H,20,22)/t10-,13+/m0/s1. The van der Waals surface area contributed by atoms with Crippen molar-refractivity contribution in [3.05, 3.63) is 33.8 Å². The number of hydrogen-bond acceptors (Lipinski definition) is 3. The fourth-order valence-corrected chi connectivity index (χ4v) is 3.21. The Morgan fingerprint density at radius 1 is 1.30 bits per heavy atom. The highest BCUT2D eigenvalue weighted by atomic mass is 35.5. The van der Waals surface area contributed by atoms with Gasteiger partial charge in [-0.05, 0) is 25.0 Å². The normalized spacial score (nSPS) is 20.4. The van der Waals surface area contributed by atoms with E-state index in [0.29, 0.717) is 17.9 Å². The summed E-state index contributed by atoms with van der Waals surface area (Å²) in [7, 11) is 1.43. The molecular weight excluding hydrogens is 337 g/mol. The number of nitriles is 1. The lowest BCUT2D eigenvalue weighted by molar-refractivity contribution is -0.133. The number of hydrogen-bond donors (Lipinski definition) is 1. The summed E-state index contributed by atoms with van der Waals surface area (Å²) < 4.78 is 0. The highest BCUT2D eigenvalue weighted by Gasteiger charge is 2.34. The monoisotopic (exact) mass is 353 g/mol. The molecule has 0 saturated heterocycles. The molecule has 5 nitrogen and oxygen atoms in total. The molecule has 1 aliphatic rings. The van der Waals surface area contributed by atoms with Gasteiger partial charge in [0.05, 0.1) is 21.5 Å². The first-order chi connectivity index (χ1) is 11.0. The first-order valence-corrected chi connectivity index (χ1v) is 8.13. The van der Waals surface area contributed by atoms with Gasteiger partial charge in [0.2, 0.25) is 5.91 Å². The van der Waals surface area contributed by atoms with Crippen LogP contribution in [0.4, 0.5) is 0 Å². The van der Waals surface area contributed by atoms with E-state index in [1.54, 1.807) is 18.2 Å². The van der Waals surface area contributed by atoms with Crippen molar-refractivity contribution in [2.75, 3.05) is 7.05 Å². The number of benzene rings is 1. The van der Waals surface area contributed by atoms with Crippen molar-refractivity contribution in [3.63, 3.8) is 0 Å². The van der Waals surface area contributed by atoms with Crippen LogP contribution in [0.3, 0.4) is 0 Å². The topological polar surface area (TPSA) is 73.2 Å². The van der Waals surface area contributed by atoms with Gasteiger partial charge in [0.1, 0.15) is 0 Å². The Kier molecular flexibility index (Phi) is 5.86. The van der Waals surface area contributed by atoms with Crippen molar-refractivity contribution in [2.45, 2.75) is 31.7 Å². The zero-order valence-electron chi connectivity index (χ0n) is 12.7. The predicted octanol–water partition coefficient (Wildman–Crippen LogP) is 3.22. The molecule has 2 rings (SSSR count). The van der Waals surface area contributed by atoms with E-state index in [4.69, 9.17) is 28.5 Å². The van der Waals surface area contributed by atoms with E-state index >= 15 is 0 Å². The van der Waals surface area contributed by atoms with Crippen molar-refractivity contribution in [1.82, 2.24) is 10.2 Å². The van der Waals surface area contributed by atoms with Crippen LogP contribution in [0.2, 0.25) is 10.0 Å². The number of rotatable bonds is 3. The van der Waals surface area contributed by atoms with Crippen molar-refractivity contribution in [2.24, 2.45) is 5.92 Å². The summed E-state index contributed by atoms with van der Waals surface area (Å²) in [5, 5.41) is 12.3. The highest BCUT2D eigenvalue weighted by molar-refractivity contribution is 6.43. The van der Waals surface area contributed by atoms with Gasteiger partial charge in [-0.15, -0.1) is 0 Å². The van der Waals surface area contributed by atoms with Crippen molar-refractivity contribution in [3.8, 4) is 6.19 Å². The smallest absolute Gasteiger partial charge is 0.253 e. The molecule has 0 bridgehead atoms. The van der Waals surface area contributed by atoms with Crippen LogP contribution in [0.5, 0.6) is 0 Å². The molecule has 0 aliphatic heterocycles. The van der Waals surface area contributed by atoms with Gasteiger partial charge in [0.25, 0.3) is 5.91 Å². The average Bonchev–Trinajstić information content (AvgIpc) is 2.56. The van der Waals surface area contributed by atoms with Gasteiger partial charge in [0, 0.05) is 13.1 Å². The van der Waals surface area contributed by atoms with E-state index < -0.39 is 5.92 Å². The SMILES string of the molecule is CN(C#N)C(=O)[C@H]1CCCC[C@H]1NC(=O)c1cccc(Cl)c1Cl. The third-order valence-corrected chi connectivity index (χ3v) is 4.90. The van der Waals surface area contributed by atoms with E-state index in [-0.39, 0.29) is 28.4 Å². The fraction of sp³-hybridized carbons (Fsp3) is 0.438. The van der Waals surface area contributed by atoms with Crippen molar-refractivity contribution < 1.29 is 9.59 Å². The Hall–Kier alpha value is -1.77. The minimum Gasteiger partial charge on any atom is -0.348 e. The molecule has 2 amide bonds. The minimum atomic E-state index is -0.393. The van der Waals surface area contributed by atoms with E-state index in [9.17, 15) is 9.59 Å². The maximum Gasteiger partial charge on any atom is 0.253 e. The van der Waals surface area contributed by atoms with E-state index in [2.05, 4.69) is 5.32 Å². The zero-order chi connectivity index (χ0) is 17.0. The molecule has 1 aromatic rings. The van der Waals surface area contributed by atoms with Gasteiger partial charge in [0.15, 0.2) is 6.19 Å². The Morgan fingerprint density at radius 2 is 2.00 bits per heavy atom. The van der Waals surface area contributed by atoms with Gasteiger partial charge < -0.3 is 5.32 Å². The first-order valence-electron chi connectivity index (χ1n) is 7.38. The van der Waals surface area contributed by atoms with Crippen molar-refractivity contribution >= 4 is 35.0 Å². The van der Waals surface area contributed by atoms with Crippen LogP contribution in [0.25, 0.3) is 0 Å². The second-order valence-electron chi connectivity index (χ2n) is 5.57. The maximum atomic E-state index is 12.4. The van der Waals surface area contributed by atoms with Crippen LogP contribution in [0, 0.1) is 17.4 Å². The van der Waals surface area contributed by atoms with Gasteiger partial charge in [-0.2, -0.15) is 5.26 Å². The minimum absolute atomic E-state index is 0.194. The van der Waals surface area contributed by atoms with Crippen LogP contribution < -0.4 is 5.32 Å². The molecule has 0 unspecified atom stereocenters. The maximum absolute atomic E-state index is 12.4. The Balaban J connectivity index is 2.16. The lowest BCUT2D eigenvalue weighted by Crippen LogP contribution is -2.48. The molecule has 0 aromatic heterocycles. The zero-order valence-corrected chi connectivity index (χ0v) is 14.2. The molecule has 1 aliphatic carbocycles. The summed E-state index contributed by atoms with van der Waals surface area (Å²) in [6.07, 6.45) is 4.99. The number of amides is 2.